The molecule has 0 radical (unpaired) electrons. The lowest BCUT2D eigenvalue weighted by Gasteiger charge is -2.31. The van der Waals surface area contributed by atoms with E-state index < -0.39 is 0 Å². The average Bonchev–Trinajstić information content (AvgIpc) is 2.34. The SMILES string of the molecule is CCCN(c1cccc(SC)c1C(N)=S)C(C)C. The van der Waals surface area contributed by atoms with Gasteiger partial charge in [0.1, 0.15) is 4.99 Å². The van der Waals surface area contributed by atoms with Crippen molar-refractivity contribution in [1.29, 1.82) is 0 Å². The topological polar surface area (TPSA) is 29.3 Å². The van der Waals surface area contributed by atoms with Crippen LogP contribution in [0.5, 0.6) is 0 Å². The van der Waals surface area contributed by atoms with E-state index in [2.05, 4.69) is 50.1 Å². The minimum absolute atomic E-state index is 0.440. The number of benzene rings is 1. The maximum atomic E-state index is 5.92. The Balaban J connectivity index is 3.32. The summed E-state index contributed by atoms with van der Waals surface area (Å²) in [7, 11) is 0. The number of thioether (sulfide) groups is 1. The van der Waals surface area contributed by atoms with Crippen LogP contribution in [0.3, 0.4) is 0 Å². The normalized spacial score (nSPS) is 10.7. The summed E-state index contributed by atoms with van der Waals surface area (Å²) in [6, 6.07) is 6.71. The number of anilines is 1. The number of hydrogen-bond acceptors (Lipinski definition) is 3. The predicted molar refractivity (Wildman–Crippen MR) is 86.9 cm³/mol. The number of rotatable bonds is 6. The molecule has 1 aromatic carbocycles. The van der Waals surface area contributed by atoms with Crippen LogP contribution in [0.2, 0.25) is 0 Å². The molecule has 0 bridgehead atoms. The molecule has 0 aliphatic carbocycles. The van der Waals surface area contributed by atoms with Crippen molar-refractivity contribution in [2.45, 2.75) is 38.1 Å². The van der Waals surface area contributed by atoms with Gasteiger partial charge in [0.25, 0.3) is 0 Å². The second-order valence-corrected chi connectivity index (χ2v) is 5.79. The molecular formula is C14H22N2S2. The first-order valence-corrected chi connectivity index (χ1v) is 7.89. The molecule has 0 aromatic heterocycles. The summed E-state index contributed by atoms with van der Waals surface area (Å²) in [5, 5.41) is 0. The molecule has 0 saturated heterocycles. The van der Waals surface area contributed by atoms with Crippen LogP contribution in [-0.2, 0) is 0 Å². The Labute approximate surface area is 120 Å². The van der Waals surface area contributed by atoms with Crippen LogP contribution < -0.4 is 10.6 Å². The molecule has 0 fully saturated rings. The molecule has 0 amide bonds. The molecule has 0 unspecified atom stereocenters. The van der Waals surface area contributed by atoms with Crippen LogP contribution in [0, 0.1) is 0 Å². The van der Waals surface area contributed by atoms with Gasteiger partial charge in [-0.15, -0.1) is 11.8 Å². The first kappa shape index (κ1) is 15.3. The van der Waals surface area contributed by atoms with Gasteiger partial charge in [-0.1, -0.05) is 25.2 Å². The molecular weight excluding hydrogens is 260 g/mol. The van der Waals surface area contributed by atoms with Gasteiger partial charge in [0.2, 0.25) is 0 Å². The van der Waals surface area contributed by atoms with Crippen molar-refractivity contribution >= 4 is 34.7 Å². The number of thiocarbonyl (C=S) groups is 1. The number of hydrogen-bond donors (Lipinski definition) is 1. The Morgan fingerprint density at radius 3 is 2.56 bits per heavy atom. The van der Waals surface area contributed by atoms with E-state index in [1.165, 1.54) is 0 Å². The quantitative estimate of drug-likeness (QED) is 0.637. The lowest BCUT2D eigenvalue weighted by atomic mass is 10.1. The van der Waals surface area contributed by atoms with Crippen molar-refractivity contribution in [2.75, 3.05) is 17.7 Å². The summed E-state index contributed by atoms with van der Waals surface area (Å²) in [5.74, 6) is 0. The fourth-order valence-corrected chi connectivity index (χ4v) is 2.99. The van der Waals surface area contributed by atoms with Crippen LogP contribution in [0.1, 0.15) is 32.8 Å². The molecule has 2 nitrogen and oxygen atoms in total. The summed E-state index contributed by atoms with van der Waals surface area (Å²) in [4.78, 5) is 4.01. The van der Waals surface area contributed by atoms with Crippen molar-refractivity contribution in [3.8, 4) is 0 Å². The van der Waals surface area contributed by atoms with Crippen LogP contribution in [0.25, 0.3) is 0 Å². The van der Waals surface area contributed by atoms with Gasteiger partial charge in [0, 0.05) is 28.7 Å². The van der Waals surface area contributed by atoms with Crippen LogP contribution >= 0.6 is 24.0 Å². The zero-order valence-corrected chi connectivity index (χ0v) is 13.2. The first-order chi connectivity index (χ1) is 8.52. The van der Waals surface area contributed by atoms with Gasteiger partial charge in [-0.25, -0.2) is 0 Å². The Bertz CT molecular complexity index is 416. The van der Waals surface area contributed by atoms with E-state index in [4.69, 9.17) is 18.0 Å². The number of nitrogens with two attached hydrogens (primary N) is 1. The highest BCUT2D eigenvalue weighted by Crippen LogP contribution is 2.30. The first-order valence-electron chi connectivity index (χ1n) is 6.26. The van der Waals surface area contributed by atoms with E-state index in [0.29, 0.717) is 11.0 Å². The Morgan fingerprint density at radius 2 is 2.11 bits per heavy atom. The third kappa shape index (κ3) is 3.39. The summed E-state index contributed by atoms with van der Waals surface area (Å²) in [6.45, 7) is 7.61. The van der Waals surface area contributed by atoms with Gasteiger partial charge < -0.3 is 10.6 Å². The molecule has 0 heterocycles. The monoisotopic (exact) mass is 282 g/mol. The summed E-state index contributed by atoms with van der Waals surface area (Å²) >= 11 is 6.92. The Morgan fingerprint density at radius 1 is 1.44 bits per heavy atom. The van der Waals surface area contributed by atoms with E-state index >= 15 is 0 Å². The van der Waals surface area contributed by atoms with Gasteiger partial charge in [-0.05, 0) is 38.7 Å². The van der Waals surface area contributed by atoms with Gasteiger partial charge in [0.05, 0.1) is 0 Å². The summed E-state index contributed by atoms with van der Waals surface area (Å²) in [5.41, 5.74) is 8.09. The third-order valence-electron chi connectivity index (χ3n) is 2.87. The molecule has 100 valence electrons. The van der Waals surface area contributed by atoms with Gasteiger partial charge in [0.15, 0.2) is 0 Å². The lowest BCUT2D eigenvalue weighted by Crippen LogP contribution is -2.33. The molecule has 0 aliphatic heterocycles. The molecule has 2 N–H and O–H groups in total. The molecule has 1 rings (SSSR count). The van der Waals surface area contributed by atoms with Crippen molar-refractivity contribution in [1.82, 2.24) is 0 Å². The number of nitrogens with zero attached hydrogens (tertiary/aromatic N) is 1. The van der Waals surface area contributed by atoms with E-state index in [1.807, 2.05) is 0 Å². The second kappa shape index (κ2) is 7.00. The third-order valence-corrected chi connectivity index (χ3v) is 3.85. The van der Waals surface area contributed by atoms with Crippen molar-refractivity contribution in [2.24, 2.45) is 5.73 Å². The molecule has 0 atom stereocenters. The van der Waals surface area contributed by atoms with Crippen molar-refractivity contribution < 1.29 is 0 Å². The molecule has 0 spiro atoms. The Kier molecular flexibility index (Phi) is 5.96. The van der Waals surface area contributed by atoms with Crippen molar-refractivity contribution in [3.05, 3.63) is 23.8 Å². The largest absolute Gasteiger partial charge is 0.389 e. The standard InChI is InChI=1S/C14H22N2S2/c1-5-9-16(10(2)3)11-7-6-8-12(18-4)13(11)14(15)17/h6-8,10H,5,9H2,1-4H3,(H2,15,17). The van der Waals surface area contributed by atoms with Crippen LogP contribution in [-0.4, -0.2) is 23.8 Å². The molecule has 0 aliphatic rings. The zero-order chi connectivity index (χ0) is 13.7. The maximum Gasteiger partial charge on any atom is 0.107 e. The van der Waals surface area contributed by atoms with Crippen molar-refractivity contribution in [3.63, 3.8) is 0 Å². The highest BCUT2D eigenvalue weighted by molar-refractivity contribution is 7.98. The van der Waals surface area contributed by atoms with Crippen LogP contribution in [0.4, 0.5) is 5.69 Å². The maximum absolute atomic E-state index is 5.92. The average molecular weight is 282 g/mol. The van der Waals surface area contributed by atoms with Crippen LogP contribution in [0.15, 0.2) is 23.1 Å². The fraction of sp³-hybridized carbons (Fsp3) is 0.500. The predicted octanol–water partition coefficient (Wildman–Crippen LogP) is 3.67. The summed E-state index contributed by atoms with van der Waals surface area (Å²) in [6.07, 6.45) is 3.17. The second-order valence-electron chi connectivity index (χ2n) is 4.51. The minimum atomic E-state index is 0.440. The highest BCUT2D eigenvalue weighted by atomic mass is 32.2. The Hall–Kier alpha value is -0.740. The summed E-state index contributed by atoms with van der Waals surface area (Å²) < 4.78 is 0. The van der Waals surface area contributed by atoms with E-state index in [0.717, 1.165) is 29.1 Å². The van der Waals surface area contributed by atoms with Gasteiger partial charge >= 0.3 is 0 Å². The minimum Gasteiger partial charge on any atom is -0.389 e. The molecule has 18 heavy (non-hydrogen) atoms. The van der Waals surface area contributed by atoms with E-state index in [9.17, 15) is 0 Å². The lowest BCUT2D eigenvalue weighted by molar-refractivity contribution is 0.670. The fourth-order valence-electron chi connectivity index (χ4n) is 2.07. The molecule has 0 saturated carbocycles. The van der Waals surface area contributed by atoms with E-state index in [1.54, 1.807) is 11.8 Å². The van der Waals surface area contributed by atoms with E-state index in [-0.39, 0.29) is 0 Å². The molecule has 1 aromatic rings. The molecule has 4 heteroatoms. The smallest absolute Gasteiger partial charge is 0.107 e. The van der Waals surface area contributed by atoms with Gasteiger partial charge in [-0.2, -0.15) is 0 Å². The highest BCUT2D eigenvalue weighted by Gasteiger charge is 2.17. The zero-order valence-electron chi connectivity index (χ0n) is 11.6. The van der Waals surface area contributed by atoms with Gasteiger partial charge in [-0.3, -0.25) is 0 Å².